The number of nitro groups is 1. The second-order valence-electron chi connectivity index (χ2n) is 4.53. The van der Waals surface area contributed by atoms with E-state index in [1.807, 2.05) is 0 Å². The molecule has 0 bridgehead atoms. The van der Waals surface area contributed by atoms with Gasteiger partial charge in [-0.15, -0.1) is 0 Å². The van der Waals surface area contributed by atoms with Crippen LogP contribution in [-0.2, 0) is 0 Å². The number of anilines is 1. The molecule has 0 fully saturated rings. The number of non-ortho nitro benzene ring substituents is 1. The summed E-state index contributed by atoms with van der Waals surface area (Å²) in [5.41, 5.74) is 6.17. The molecule has 0 atom stereocenters. The van der Waals surface area contributed by atoms with Crippen molar-refractivity contribution in [2.75, 3.05) is 5.73 Å². The van der Waals surface area contributed by atoms with Gasteiger partial charge in [-0.3, -0.25) is 10.1 Å². The zero-order valence-corrected chi connectivity index (χ0v) is 12.8. The minimum absolute atomic E-state index is 0.0586. The lowest BCUT2D eigenvalue weighted by molar-refractivity contribution is -0.383. The number of nitrogens with zero attached hydrogens (tertiary/aromatic N) is 2. The number of rotatable bonds is 3. The molecule has 0 aliphatic rings. The summed E-state index contributed by atoms with van der Waals surface area (Å²) in [5.74, 6) is 0.679. The predicted molar refractivity (Wildman–Crippen MR) is 87.0 cm³/mol. The number of pyridine rings is 1. The zero-order chi connectivity index (χ0) is 15.7. The third kappa shape index (κ3) is 2.58. The molecule has 0 unspecified atom stereocenters. The Bertz CT molecular complexity index is 866. The van der Waals surface area contributed by atoms with Gasteiger partial charge in [-0.05, 0) is 36.4 Å². The molecule has 7 heteroatoms. The summed E-state index contributed by atoms with van der Waals surface area (Å²) in [6, 6.07) is 11.5. The summed E-state index contributed by atoms with van der Waals surface area (Å²) < 4.78 is 6.43. The predicted octanol–water partition coefficient (Wildman–Crippen LogP) is 4.28. The van der Waals surface area contributed by atoms with Gasteiger partial charge >= 0.3 is 0 Å². The van der Waals surface area contributed by atoms with Gasteiger partial charge in [0, 0.05) is 27.8 Å². The number of nitrogens with two attached hydrogens (primary N) is 1. The first kappa shape index (κ1) is 14.3. The molecular weight excluding hydrogens is 350 g/mol. The van der Waals surface area contributed by atoms with Crippen molar-refractivity contribution in [2.24, 2.45) is 0 Å². The highest BCUT2D eigenvalue weighted by Crippen LogP contribution is 2.38. The average molecular weight is 360 g/mol. The van der Waals surface area contributed by atoms with Crippen LogP contribution in [-0.4, -0.2) is 9.91 Å². The first-order valence-electron chi connectivity index (χ1n) is 6.31. The lowest BCUT2D eigenvalue weighted by Gasteiger charge is -2.09. The first-order chi connectivity index (χ1) is 10.6. The van der Waals surface area contributed by atoms with Gasteiger partial charge < -0.3 is 10.5 Å². The fourth-order valence-electron chi connectivity index (χ4n) is 2.09. The van der Waals surface area contributed by atoms with Crippen molar-refractivity contribution in [1.29, 1.82) is 0 Å². The van der Waals surface area contributed by atoms with Gasteiger partial charge in [0.05, 0.1) is 4.92 Å². The maximum absolute atomic E-state index is 11.3. The Morgan fingerprint density at radius 2 is 1.86 bits per heavy atom. The fourth-order valence-corrected chi connectivity index (χ4v) is 2.55. The molecular formula is C15H10BrN3O3. The van der Waals surface area contributed by atoms with Gasteiger partial charge in [-0.2, -0.15) is 0 Å². The molecule has 3 rings (SSSR count). The molecule has 0 spiro atoms. The summed E-state index contributed by atoms with van der Waals surface area (Å²) in [6.07, 6.45) is 1.55. The highest BCUT2D eigenvalue weighted by atomic mass is 79.9. The van der Waals surface area contributed by atoms with Crippen molar-refractivity contribution < 1.29 is 9.66 Å². The highest BCUT2D eigenvalue weighted by Gasteiger charge is 2.19. The molecule has 110 valence electrons. The minimum Gasteiger partial charge on any atom is -0.438 e. The molecule has 6 nitrogen and oxygen atoms in total. The van der Waals surface area contributed by atoms with Crippen molar-refractivity contribution in [2.45, 2.75) is 0 Å². The van der Waals surface area contributed by atoms with Crippen LogP contribution < -0.4 is 10.5 Å². The van der Waals surface area contributed by atoms with Crippen molar-refractivity contribution in [3.63, 3.8) is 0 Å². The van der Waals surface area contributed by atoms with Crippen molar-refractivity contribution in [1.82, 2.24) is 4.98 Å². The SMILES string of the molecule is Nc1ccc(Oc2nccc3c(Br)ccc([N+](=O)[O-])c23)cc1. The van der Waals surface area contributed by atoms with Crippen molar-refractivity contribution in [3.05, 3.63) is 63.2 Å². The molecule has 0 saturated carbocycles. The van der Waals surface area contributed by atoms with Gasteiger partial charge in [-0.25, -0.2) is 4.98 Å². The number of nitro benzene ring substituents is 1. The third-order valence-corrected chi connectivity index (χ3v) is 3.80. The Labute approximate surface area is 133 Å². The Kier molecular flexibility index (Phi) is 3.64. The number of benzene rings is 2. The molecule has 1 heterocycles. The summed E-state index contributed by atoms with van der Waals surface area (Å²) >= 11 is 3.39. The number of aromatic nitrogens is 1. The van der Waals surface area contributed by atoms with E-state index >= 15 is 0 Å². The molecule has 0 saturated heterocycles. The normalized spacial score (nSPS) is 10.6. The molecule has 2 aromatic carbocycles. The molecule has 0 radical (unpaired) electrons. The van der Waals surface area contributed by atoms with Gasteiger partial charge in [0.15, 0.2) is 0 Å². The zero-order valence-electron chi connectivity index (χ0n) is 11.2. The van der Waals surface area contributed by atoms with E-state index in [1.54, 1.807) is 42.6 Å². The van der Waals surface area contributed by atoms with E-state index in [-0.39, 0.29) is 11.6 Å². The topological polar surface area (TPSA) is 91.3 Å². The maximum Gasteiger partial charge on any atom is 0.282 e. The van der Waals surface area contributed by atoms with E-state index in [4.69, 9.17) is 10.5 Å². The van der Waals surface area contributed by atoms with Crippen molar-refractivity contribution in [3.8, 4) is 11.6 Å². The van der Waals surface area contributed by atoms with Gasteiger partial charge in [-0.1, -0.05) is 15.9 Å². The van der Waals surface area contributed by atoms with Gasteiger partial charge in [0.2, 0.25) is 5.88 Å². The number of nitrogen functional groups attached to an aromatic ring is 1. The van der Waals surface area contributed by atoms with Crippen LogP contribution in [0, 0.1) is 10.1 Å². The summed E-state index contributed by atoms with van der Waals surface area (Å²) in [7, 11) is 0. The van der Waals surface area contributed by atoms with E-state index in [0.717, 1.165) is 4.47 Å². The number of hydrogen-bond donors (Lipinski definition) is 1. The number of fused-ring (bicyclic) bond motifs is 1. The molecule has 1 aromatic heterocycles. The van der Waals surface area contributed by atoms with Crippen LogP contribution in [0.3, 0.4) is 0 Å². The summed E-state index contributed by atoms with van der Waals surface area (Å²) in [4.78, 5) is 14.9. The Morgan fingerprint density at radius 3 is 2.55 bits per heavy atom. The fraction of sp³-hybridized carbons (Fsp3) is 0. The van der Waals surface area contributed by atoms with Crippen LogP contribution in [0.4, 0.5) is 11.4 Å². The molecule has 2 N–H and O–H groups in total. The van der Waals surface area contributed by atoms with E-state index in [9.17, 15) is 10.1 Å². The standard InChI is InChI=1S/C15H10BrN3O3/c16-12-5-6-13(19(20)21)14-11(12)7-8-18-15(14)22-10-3-1-9(17)2-4-10/h1-8H,17H2. The van der Waals surface area contributed by atoms with Crippen LogP contribution in [0.2, 0.25) is 0 Å². The van der Waals surface area contributed by atoms with E-state index in [1.165, 1.54) is 6.07 Å². The Hall–Kier alpha value is -2.67. The number of halogens is 1. The van der Waals surface area contributed by atoms with Crippen LogP contribution in [0.15, 0.2) is 53.1 Å². The smallest absolute Gasteiger partial charge is 0.282 e. The average Bonchev–Trinajstić information content (AvgIpc) is 2.50. The van der Waals surface area contributed by atoms with E-state index < -0.39 is 4.92 Å². The van der Waals surface area contributed by atoms with E-state index in [0.29, 0.717) is 22.2 Å². The van der Waals surface area contributed by atoms with E-state index in [2.05, 4.69) is 20.9 Å². The largest absolute Gasteiger partial charge is 0.438 e. The van der Waals surface area contributed by atoms with Crippen LogP contribution in [0.1, 0.15) is 0 Å². The minimum atomic E-state index is -0.452. The Balaban J connectivity index is 2.18. The number of ether oxygens (including phenoxy) is 1. The Morgan fingerprint density at radius 1 is 1.14 bits per heavy atom. The second kappa shape index (κ2) is 5.61. The molecule has 0 aliphatic heterocycles. The van der Waals surface area contributed by atoms with Crippen LogP contribution in [0.5, 0.6) is 11.6 Å². The van der Waals surface area contributed by atoms with Crippen LogP contribution >= 0.6 is 15.9 Å². The highest BCUT2D eigenvalue weighted by molar-refractivity contribution is 9.10. The van der Waals surface area contributed by atoms with Crippen LogP contribution in [0.25, 0.3) is 10.8 Å². The lowest BCUT2D eigenvalue weighted by atomic mass is 10.1. The monoisotopic (exact) mass is 359 g/mol. The quantitative estimate of drug-likeness (QED) is 0.428. The van der Waals surface area contributed by atoms with Gasteiger partial charge in [0.1, 0.15) is 11.1 Å². The second-order valence-corrected chi connectivity index (χ2v) is 5.39. The molecule has 22 heavy (non-hydrogen) atoms. The maximum atomic E-state index is 11.3. The molecule has 0 amide bonds. The lowest BCUT2D eigenvalue weighted by Crippen LogP contribution is -1.95. The molecule has 3 aromatic rings. The number of hydrogen-bond acceptors (Lipinski definition) is 5. The van der Waals surface area contributed by atoms with Gasteiger partial charge in [0.25, 0.3) is 5.69 Å². The third-order valence-electron chi connectivity index (χ3n) is 3.11. The first-order valence-corrected chi connectivity index (χ1v) is 7.10. The van der Waals surface area contributed by atoms with Crippen molar-refractivity contribution >= 4 is 38.1 Å². The summed E-state index contributed by atoms with van der Waals surface area (Å²) in [5, 5.41) is 12.3. The summed E-state index contributed by atoms with van der Waals surface area (Å²) in [6.45, 7) is 0. The molecule has 0 aliphatic carbocycles.